The summed E-state index contributed by atoms with van der Waals surface area (Å²) in [6.45, 7) is 0. The standard InChI is InChI=1S/C11H8BrNO/c12-10-4-2-1-3-8(10)9-5-6-13-11(9)7-14/h1-7,13H. The fourth-order valence-corrected chi connectivity index (χ4v) is 1.89. The lowest BCUT2D eigenvalue weighted by Gasteiger charge is -2.01. The first-order valence-corrected chi connectivity index (χ1v) is 4.99. The molecule has 2 aromatic rings. The third-order valence-corrected chi connectivity index (χ3v) is 2.75. The average Bonchev–Trinajstić information content (AvgIpc) is 2.66. The van der Waals surface area contributed by atoms with Crippen LogP contribution in [0.5, 0.6) is 0 Å². The second kappa shape index (κ2) is 3.80. The zero-order valence-corrected chi connectivity index (χ0v) is 8.91. The molecule has 1 aromatic heterocycles. The van der Waals surface area contributed by atoms with Gasteiger partial charge in [-0.25, -0.2) is 0 Å². The van der Waals surface area contributed by atoms with Gasteiger partial charge in [-0.1, -0.05) is 34.1 Å². The van der Waals surface area contributed by atoms with E-state index in [-0.39, 0.29) is 0 Å². The number of carbonyl (C=O) groups is 1. The summed E-state index contributed by atoms with van der Waals surface area (Å²) in [5.41, 5.74) is 2.56. The molecule has 0 aliphatic carbocycles. The van der Waals surface area contributed by atoms with Crippen LogP contribution in [-0.2, 0) is 0 Å². The van der Waals surface area contributed by atoms with Gasteiger partial charge < -0.3 is 4.98 Å². The van der Waals surface area contributed by atoms with Crippen molar-refractivity contribution in [1.82, 2.24) is 4.98 Å². The van der Waals surface area contributed by atoms with Gasteiger partial charge in [0.25, 0.3) is 0 Å². The lowest BCUT2D eigenvalue weighted by molar-refractivity contribution is 0.112. The molecule has 70 valence electrons. The highest BCUT2D eigenvalue weighted by atomic mass is 79.9. The Bertz CT molecular complexity index is 462. The Morgan fingerprint density at radius 1 is 1.14 bits per heavy atom. The Hall–Kier alpha value is -1.35. The van der Waals surface area contributed by atoms with Gasteiger partial charge in [0, 0.05) is 16.2 Å². The van der Waals surface area contributed by atoms with E-state index >= 15 is 0 Å². The Morgan fingerprint density at radius 3 is 2.64 bits per heavy atom. The Labute approximate surface area is 90.1 Å². The number of carbonyl (C=O) groups excluding carboxylic acids is 1. The van der Waals surface area contributed by atoms with Crippen LogP contribution in [0.15, 0.2) is 41.0 Å². The van der Waals surface area contributed by atoms with Crippen molar-refractivity contribution < 1.29 is 4.79 Å². The maximum absolute atomic E-state index is 10.7. The van der Waals surface area contributed by atoms with Crippen LogP contribution in [-0.4, -0.2) is 11.3 Å². The molecule has 0 saturated carbocycles. The SMILES string of the molecule is O=Cc1[nH]ccc1-c1ccccc1Br. The molecule has 3 heteroatoms. The van der Waals surface area contributed by atoms with Crippen molar-refractivity contribution in [2.45, 2.75) is 0 Å². The summed E-state index contributed by atoms with van der Waals surface area (Å²) in [7, 11) is 0. The highest BCUT2D eigenvalue weighted by molar-refractivity contribution is 9.10. The molecule has 0 bridgehead atoms. The predicted molar refractivity (Wildman–Crippen MR) is 59.3 cm³/mol. The number of hydrogen-bond donors (Lipinski definition) is 1. The smallest absolute Gasteiger partial charge is 0.166 e. The van der Waals surface area contributed by atoms with Crippen molar-refractivity contribution in [2.24, 2.45) is 0 Å². The van der Waals surface area contributed by atoms with E-state index in [0.717, 1.165) is 21.9 Å². The van der Waals surface area contributed by atoms with Gasteiger partial charge in [0.1, 0.15) is 0 Å². The molecule has 0 spiro atoms. The number of halogens is 1. The lowest BCUT2D eigenvalue weighted by atomic mass is 10.1. The molecule has 0 aliphatic heterocycles. The van der Waals surface area contributed by atoms with Gasteiger partial charge in [-0.3, -0.25) is 4.79 Å². The summed E-state index contributed by atoms with van der Waals surface area (Å²) in [6.07, 6.45) is 2.59. The van der Waals surface area contributed by atoms with Gasteiger partial charge in [0.2, 0.25) is 0 Å². The topological polar surface area (TPSA) is 32.9 Å². The Balaban J connectivity index is 2.60. The minimum atomic E-state index is 0.608. The molecule has 1 heterocycles. The maximum atomic E-state index is 10.7. The first-order valence-electron chi connectivity index (χ1n) is 4.20. The first kappa shape index (κ1) is 9.21. The minimum absolute atomic E-state index is 0.608. The van der Waals surface area contributed by atoms with E-state index in [4.69, 9.17) is 0 Å². The van der Waals surface area contributed by atoms with E-state index in [2.05, 4.69) is 20.9 Å². The lowest BCUT2D eigenvalue weighted by Crippen LogP contribution is -1.84. The van der Waals surface area contributed by atoms with E-state index in [1.807, 2.05) is 30.3 Å². The van der Waals surface area contributed by atoms with Crippen molar-refractivity contribution >= 4 is 22.2 Å². The van der Waals surface area contributed by atoms with Gasteiger partial charge in [0.05, 0.1) is 5.69 Å². The van der Waals surface area contributed by atoms with E-state index in [1.54, 1.807) is 6.20 Å². The van der Waals surface area contributed by atoms with Crippen LogP contribution < -0.4 is 0 Å². The quantitative estimate of drug-likeness (QED) is 0.815. The van der Waals surface area contributed by atoms with Crippen LogP contribution >= 0.6 is 15.9 Å². The number of nitrogens with one attached hydrogen (secondary N) is 1. The third-order valence-electron chi connectivity index (χ3n) is 2.06. The largest absolute Gasteiger partial charge is 0.359 e. The molecule has 0 aliphatic rings. The number of aldehydes is 1. The van der Waals surface area contributed by atoms with Crippen LogP contribution in [0.2, 0.25) is 0 Å². The van der Waals surface area contributed by atoms with E-state index < -0.39 is 0 Å². The molecule has 0 atom stereocenters. The number of benzene rings is 1. The van der Waals surface area contributed by atoms with E-state index in [9.17, 15) is 4.79 Å². The van der Waals surface area contributed by atoms with Crippen LogP contribution in [0.25, 0.3) is 11.1 Å². The molecular formula is C11H8BrNO. The van der Waals surface area contributed by atoms with Crippen molar-refractivity contribution in [2.75, 3.05) is 0 Å². The zero-order chi connectivity index (χ0) is 9.97. The second-order valence-electron chi connectivity index (χ2n) is 2.90. The Kier molecular flexibility index (Phi) is 2.50. The molecule has 14 heavy (non-hydrogen) atoms. The number of hydrogen-bond acceptors (Lipinski definition) is 1. The van der Waals surface area contributed by atoms with Gasteiger partial charge in [-0.2, -0.15) is 0 Å². The molecule has 2 rings (SSSR count). The summed E-state index contributed by atoms with van der Waals surface area (Å²) < 4.78 is 0.989. The molecular weight excluding hydrogens is 242 g/mol. The average molecular weight is 250 g/mol. The van der Waals surface area contributed by atoms with Crippen LogP contribution in [0.4, 0.5) is 0 Å². The fourth-order valence-electron chi connectivity index (χ4n) is 1.39. The number of H-pyrrole nitrogens is 1. The summed E-state index contributed by atoms with van der Waals surface area (Å²) in [5.74, 6) is 0. The molecule has 0 fully saturated rings. The van der Waals surface area contributed by atoms with Gasteiger partial charge >= 0.3 is 0 Å². The molecule has 1 aromatic carbocycles. The normalized spacial score (nSPS) is 10.1. The molecule has 0 saturated heterocycles. The number of rotatable bonds is 2. The van der Waals surface area contributed by atoms with Crippen molar-refractivity contribution in [1.29, 1.82) is 0 Å². The summed E-state index contributed by atoms with van der Waals surface area (Å²) in [4.78, 5) is 13.6. The van der Waals surface area contributed by atoms with Crippen LogP contribution in [0.1, 0.15) is 10.5 Å². The van der Waals surface area contributed by atoms with Crippen molar-refractivity contribution in [3.8, 4) is 11.1 Å². The molecule has 1 N–H and O–H groups in total. The third kappa shape index (κ3) is 1.51. The summed E-state index contributed by atoms with van der Waals surface area (Å²) >= 11 is 3.45. The molecule has 0 unspecified atom stereocenters. The number of aromatic amines is 1. The summed E-state index contributed by atoms with van der Waals surface area (Å²) in [5, 5.41) is 0. The maximum Gasteiger partial charge on any atom is 0.166 e. The number of aromatic nitrogens is 1. The highest BCUT2D eigenvalue weighted by Gasteiger charge is 2.07. The highest BCUT2D eigenvalue weighted by Crippen LogP contribution is 2.29. The molecule has 2 nitrogen and oxygen atoms in total. The first-order chi connectivity index (χ1) is 6.83. The second-order valence-corrected chi connectivity index (χ2v) is 3.76. The fraction of sp³-hybridized carbons (Fsp3) is 0. The zero-order valence-electron chi connectivity index (χ0n) is 7.33. The van der Waals surface area contributed by atoms with Crippen molar-refractivity contribution in [3.63, 3.8) is 0 Å². The van der Waals surface area contributed by atoms with Crippen LogP contribution in [0, 0.1) is 0 Å². The van der Waals surface area contributed by atoms with E-state index in [0.29, 0.717) is 5.69 Å². The van der Waals surface area contributed by atoms with Crippen LogP contribution in [0.3, 0.4) is 0 Å². The summed E-state index contributed by atoms with van der Waals surface area (Å²) in [6, 6.07) is 9.71. The van der Waals surface area contributed by atoms with Gasteiger partial charge in [0.15, 0.2) is 6.29 Å². The minimum Gasteiger partial charge on any atom is -0.359 e. The monoisotopic (exact) mass is 249 g/mol. The predicted octanol–water partition coefficient (Wildman–Crippen LogP) is 3.26. The van der Waals surface area contributed by atoms with Gasteiger partial charge in [-0.05, 0) is 17.7 Å². The van der Waals surface area contributed by atoms with Gasteiger partial charge in [-0.15, -0.1) is 0 Å². The van der Waals surface area contributed by atoms with Crippen molar-refractivity contribution in [3.05, 3.63) is 46.7 Å². The van der Waals surface area contributed by atoms with E-state index in [1.165, 1.54) is 0 Å². The molecule has 0 radical (unpaired) electrons. The Morgan fingerprint density at radius 2 is 1.93 bits per heavy atom. The molecule has 0 amide bonds.